The molecule has 0 aliphatic rings. The number of amides is 1. The van der Waals surface area contributed by atoms with Crippen LogP contribution in [0.2, 0.25) is 0 Å². The third-order valence-corrected chi connectivity index (χ3v) is 3.59. The van der Waals surface area contributed by atoms with Crippen molar-refractivity contribution in [1.82, 2.24) is 9.47 Å². The van der Waals surface area contributed by atoms with Gasteiger partial charge in [-0.05, 0) is 37.5 Å². The van der Waals surface area contributed by atoms with Crippen LogP contribution in [0.4, 0.5) is 0 Å². The van der Waals surface area contributed by atoms with Crippen LogP contribution >= 0.6 is 0 Å². The Balaban J connectivity index is 3.14. The van der Waals surface area contributed by atoms with Crippen molar-refractivity contribution in [3.8, 4) is 6.07 Å². The minimum Gasteiger partial charge on any atom is -0.395 e. The van der Waals surface area contributed by atoms with Gasteiger partial charge in [-0.1, -0.05) is 13.8 Å². The van der Waals surface area contributed by atoms with Crippen molar-refractivity contribution in [2.75, 3.05) is 20.2 Å². The fourth-order valence-corrected chi connectivity index (χ4v) is 2.37. The first kappa shape index (κ1) is 18.0. The Morgan fingerprint density at radius 2 is 2.14 bits per heavy atom. The molecule has 1 aromatic heterocycles. The van der Waals surface area contributed by atoms with Crippen LogP contribution in [0.3, 0.4) is 0 Å². The standard InChI is InChI=1S/C17H25N3O2/c1-12(2)11-20-13(3)8-15(14(20)4)9-16(10-18)17(22)19(5)6-7-21/h8-9,12,21H,6-7,11H2,1-5H3/b16-9-. The van der Waals surface area contributed by atoms with Crippen LogP contribution in [0.15, 0.2) is 11.6 Å². The molecule has 0 saturated heterocycles. The van der Waals surface area contributed by atoms with E-state index >= 15 is 0 Å². The van der Waals surface area contributed by atoms with Crippen molar-refractivity contribution >= 4 is 12.0 Å². The van der Waals surface area contributed by atoms with Gasteiger partial charge in [0.25, 0.3) is 5.91 Å². The molecule has 0 aliphatic carbocycles. The quantitative estimate of drug-likeness (QED) is 0.646. The number of nitrogens with zero attached hydrogens (tertiary/aromatic N) is 3. The predicted molar refractivity (Wildman–Crippen MR) is 87.1 cm³/mol. The highest BCUT2D eigenvalue weighted by molar-refractivity contribution is 6.01. The van der Waals surface area contributed by atoms with Gasteiger partial charge in [0.15, 0.2) is 0 Å². The van der Waals surface area contributed by atoms with Gasteiger partial charge in [0, 0.05) is 31.5 Å². The summed E-state index contributed by atoms with van der Waals surface area (Å²) >= 11 is 0. The monoisotopic (exact) mass is 303 g/mol. The highest BCUT2D eigenvalue weighted by atomic mass is 16.3. The molecule has 5 heteroatoms. The van der Waals surface area contributed by atoms with E-state index in [0.717, 1.165) is 23.5 Å². The molecule has 0 radical (unpaired) electrons. The summed E-state index contributed by atoms with van der Waals surface area (Å²) in [4.78, 5) is 13.5. The smallest absolute Gasteiger partial charge is 0.264 e. The van der Waals surface area contributed by atoms with Crippen molar-refractivity contribution in [3.63, 3.8) is 0 Å². The van der Waals surface area contributed by atoms with Gasteiger partial charge >= 0.3 is 0 Å². The molecule has 22 heavy (non-hydrogen) atoms. The van der Waals surface area contributed by atoms with Crippen LogP contribution < -0.4 is 0 Å². The molecule has 0 unspecified atom stereocenters. The zero-order chi connectivity index (χ0) is 16.9. The van der Waals surface area contributed by atoms with E-state index in [2.05, 4.69) is 18.4 Å². The maximum Gasteiger partial charge on any atom is 0.264 e. The Kier molecular flexibility index (Phi) is 6.39. The largest absolute Gasteiger partial charge is 0.395 e. The lowest BCUT2D eigenvalue weighted by Gasteiger charge is -2.14. The van der Waals surface area contributed by atoms with E-state index in [1.54, 1.807) is 13.1 Å². The maximum absolute atomic E-state index is 12.2. The van der Waals surface area contributed by atoms with Crippen LogP contribution in [0.5, 0.6) is 0 Å². The summed E-state index contributed by atoms with van der Waals surface area (Å²) in [6, 6.07) is 3.96. The number of carbonyl (C=O) groups excluding carboxylic acids is 1. The fourth-order valence-electron chi connectivity index (χ4n) is 2.37. The highest BCUT2D eigenvalue weighted by Gasteiger charge is 2.16. The molecule has 120 valence electrons. The number of nitriles is 1. The van der Waals surface area contributed by atoms with Crippen molar-refractivity contribution in [1.29, 1.82) is 5.26 Å². The highest BCUT2D eigenvalue weighted by Crippen LogP contribution is 2.20. The molecular formula is C17H25N3O2. The van der Waals surface area contributed by atoms with Gasteiger partial charge in [0.05, 0.1) is 6.61 Å². The van der Waals surface area contributed by atoms with Gasteiger partial charge < -0.3 is 14.6 Å². The number of aromatic nitrogens is 1. The summed E-state index contributed by atoms with van der Waals surface area (Å²) in [5.41, 5.74) is 3.14. The number of likely N-dealkylation sites (N-methyl/N-ethyl adjacent to an activating group) is 1. The Labute approximate surface area is 132 Å². The summed E-state index contributed by atoms with van der Waals surface area (Å²) in [7, 11) is 1.58. The first-order valence-corrected chi connectivity index (χ1v) is 7.46. The average Bonchev–Trinajstić information content (AvgIpc) is 2.71. The zero-order valence-electron chi connectivity index (χ0n) is 14.1. The van der Waals surface area contributed by atoms with Crippen LogP contribution in [-0.2, 0) is 11.3 Å². The molecule has 0 fully saturated rings. The molecule has 0 aliphatic heterocycles. The van der Waals surface area contributed by atoms with Crippen molar-refractivity contribution in [3.05, 3.63) is 28.6 Å². The number of aliphatic hydroxyl groups is 1. The first-order chi connectivity index (χ1) is 10.3. The normalized spacial score (nSPS) is 11.6. The van der Waals surface area contributed by atoms with Crippen molar-refractivity contribution in [2.24, 2.45) is 5.92 Å². The molecule has 0 atom stereocenters. The van der Waals surface area contributed by atoms with Gasteiger partial charge in [-0.3, -0.25) is 4.79 Å². The molecular weight excluding hydrogens is 278 g/mol. The Morgan fingerprint density at radius 1 is 1.50 bits per heavy atom. The summed E-state index contributed by atoms with van der Waals surface area (Å²) in [6.45, 7) is 9.33. The van der Waals surface area contributed by atoms with Gasteiger partial charge in [0.1, 0.15) is 11.6 Å². The van der Waals surface area contributed by atoms with Crippen LogP contribution in [-0.4, -0.2) is 40.7 Å². The minimum atomic E-state index is -0.370. The molecule has 0 saturated carbocycles. The number of hydrogen-bond acceptors (Lipinski definition) is 3. The third-order valence-electron chi connectivity index (χ3n) is 3.59. The number of hydrogen-bond donors (Lipinski definition) is 1. The van der Waals surface area contributed by atoms with Crippen LogP contribution in [0.25, 0.3) is 6.08 Å². The van der Waals surface area contributed by atoms with E-state index in [0.29, 0.717) is 5.92 Å². The molecule has 1 rings (SSSR count). The summed E-state index contributed by atoms with van der Waals surface area (Å²) in [5, 5.41) is 18.2. The Bertz CT molecular complexity index is 606. The fraction of sp³-hybridized carbons (Fsp3) is 0.529. The summed E-state index contributed by atoms with van der Waals surface area (Å²) < 4.78 is 2.20. The van der Waals surface area contributed by atoms with Crippen LogP contribution in [0, 0.1) is 31.1 Å². The Morgan fingerprint density at radius 3 is 2.64 bits per heavy atom. The van der Waals surface area contributed by atoms with Crippen molar-refractivity contribution in [2.45, 2.75) is 34.2 Å². The predicted octanol–water partition coefficient (Wildman–Crippen LogP) is 2.12. The molecule has 0 aromatic carbocycles. The first-order valence-electron chi connectivity index (χ1n) is 7.46. The van der Waals surface area contributed by atoms with E-state index in [1.807, 2.05) is 26.0 Å². The van der Waals surface area contributed by atoms with E-state index in [4.69, 9.17) is 5.11 Å². The lowest BCUT2D eigenvalue weighted by atomic mass is 10.1. The number of aliphatic hydroxyl groups excluding tert-OH is 1. The number of aryl methyl sites for hydroxylation is 1. The topological polar surface area (TPSA) is 69.3 Å². The van der Waals surface area contributed by atoms with Gasteiger partial charge in [0.2, 0.25) is 0 Å². The summed E-state index contributed by atoms with van der Waals surface area (Å²) in [5.74, 6) is 0.152. The summed E-state index contributed by atoms with van der Waals surface area (Å²) in [6.07, 6.45) is 1.63. The minimum absolute atomic E-state index is 0.0840. The number of carbonyl (C=O) groups is 1. The lowest BCUT2D eigenvalue weighted by Crippen LogP contribution is -2.30. The maximum atomic E-state index is 12.2. The van der Waals surface area contributed by atoms with Gasteiger partial charge in [-0.2, -0.15) is 5.26 Å². The third kappa shape index (κ3) is 4.22. The Hall–Kier alpha value is -2.06. The van der Waals surface area contributed by atoms with E-state index in [1.165, 1.54) is 4.90 Å². The second-order valence-electron chi connectivity index (χ2n) is 5.95. The molecule has 1 amide bonds. The van der Waals surface area contributed by atoms with Gasteiger partial charge in [-0.25, -0.2) is 0 Å². The molecule has 0 spiro atoms. The molecule has 0 bridgehead atoms. The van der Waals surface area contributed by atoms with Crippen LogP contribution in [0.1, 0.15) is 30.8 Å². The molecule has 1 aromatic rings. The average molecular weight is 303 g/mol. The van der Waals surface area contributed by atoms with Gasteiger partial charge in [-0.15, -0.1) is 0 Å². The molecule has 1 N–H and O–H groups in total. The second-order valence-corrected chi connectivity index (χ2v) is 5.95. The second kappa shape index (κ2) is 7.81. The van der Waals surface area contributed by atoms with E-state index in [9.17, 15) is 10.1 Å². The van der Waals surface area contributed by atoms with E-state index < -0.39 is 0 Å². The molecule has 5 nitrogen and oxygen atoms in total. The molecule has 1 heterocycles. The van der Waals surface area contributed by atoms with E-state index in [-0.39, 0.29) is 24.6 Å². The SMILES string of the molecule is Cc1cc(/C=C(/C#N)C(=O)N(C)CCO)c(C)n1CC(C)C. The zero-order valence-corrected chi connectivity index (χ0v) is 14.1. The van der Waals surface area contributed by atoms with Crippen molar-refractivity contribution < 1.29 is 9.90 Å². The number of rotatable bonds is 6. The lowest BCUT2D eigenvalue weighted by molar-refractivity contribution is -0.125.